The summed E-state index contributed by atoms with van der Waals surface area (Å²) in [5.74, 6) is 0. The Hall–Kier alpha value is -0.750. The lowest BCUT2D eigenvalue weighted by atomic mass is 10.0. The molecular formula is C10H15ClF3N3. The number of nitrogens with two attached hydrogens (primary N) is 1. The summed E-state index contributed by atoms with van der Waals surface area (Å²) in [4.78, 5) is 0. The number of hydrogen-bond acceptors (Lipinski definition) is 2. The van der Waals surface area contributed by atoms with Crippen LogP contribution in [-0.2, 0) is 13.5 Å². The summed E-state index contributed by atoms with van der Waals surface area (Å²) < 4.78 is 37.5. The number of hydrogen-bond donors (Lipinski definition) is 1. The van der Waals surface area contributed by atoms with Crippen LogP contribution >= 0.6 is 11.6 Å². The fraction of sp³-hybridized carbons (Fsp3) is 0.700. The van der Waals surface area contributed by atoms with E-state index in [0.29, 0.717) is 17.3 Å². The largest absolute Gasteiger partial charge is 0.389 e. The molecule has 1 atom stereocenters. The van der Waals surface area contributed by atoms with E-state index in [1.807, 2.05) is 0 Å². The van der Waals surface area contributed by atoms with E-state index in [2.05, 4.69) is 5.10 Å². The smallest absolute Gasteiger partial charge is 0.327 e. The molecule has 0 spiro atoms. The van der Waals surface area contributed by atoms with Gasteiger partial charge in [0, 0.05) is 25.1 Å². The monoisotopic (exact) mass is 269 g/mol. The van der Waals surface area contributed by atoms with Gasteiger partial charge in [-0.15, -0.1) is 0 Å². The summed E-state index contributed by atoms with van der Waals surface area (Å²) in [7, 11) is 1.68. The molecule has 0 bridgehead atoms. The molecule has 17 heavy (non-hydrogen) atoms. The SMILES string of the molecule is Cc1nn(C)c(Cl)c1CC(N)CCC(F)(F)F. The fourth-order valence-corrected chi connectivity index (χ4v) is 1.87. The number of aromatic nitrogens is 2. The van der Waals surface area contributed by atoms with Gasteiger partial charge in [-0.2, -0.15) is 18.3 Å². The Bertz CT molecular complexity index is 387. The van der Waals surface area contributed by atoms with Gasteiger partial charge in [0.25, 0.3) is 0 Å². The molecule has 3 nitrogen and oxygen atoms in total. The van der Waals surface area contributed by atoms with Gasteiger partial charge >= 0.3 is 6.18 Å². The van der Waals surface area contributed by atoms with Gasteiger partial charge in [-0.25, -0.2) is 0 Å². The van der Waals surface area contributed by atoms with E-state index in [4.69, 9.17) is 17.3 Å². The highest BCUT2D eigenvalue weighted by Gasteiger charge is 2.28. The molecule has 0 aliphatic heterocycles. The molecule has 1 rings (SSSR count). The molecule has 1 aromatic heterocycles. The van der Waals surface area contributed by atoms with Crippen LogP contribution in [0.3, 0.4) is 0 Å². The summed E-state index contributed by atoms with van der Waals surface area (Å²) in [6.07, 6.45) is -4.82. The summed E-state index contributed by atoms with van der Waals surface area (Å²) in [5, 5.41) is 4.51. The second kappa shape index (κ2) is 5.27. The van der Waals surface area contributed by atoms with Gasteiger partial charge < -0.3 is 5.73 Å². The Balaban J connectivity index is 2.59. The maximum Gasteiger partial charge on any atom is 0.389 e. The van der Waals surface area contributed by atoms with Gasteiger partial charge in [-0.3, -0.25) is 4.68 Å². The number of halogens is 4. The zero-order valence-electron chi connectivity index (χ0n) is 9.68. The van der Waals surface area contributed by atoms with Crippen molar-refractivity contribution < 1.29 is 13.2 Å². The topological polar surface area (TPSA) is 43.8 Å². The molecule has 2 N–H and O–H groups in total. The van der Waals surface area contributed by atoms with Crippen LogP contribution in [0, 0.1) is 6.92 Å². The van der Waals surface area contributed by atoms with Crippen LogP contribution < -0.4 is 5.73 Å². The average Bonchev–Trinajstić information content (AvgIpc) is 2.41. The molecule has 1 heterocycles. The Labute approximate surface area is 103 Å². The van der Waals surface area contributed by atoms with Crippen LogP contribution in [0.25, 0.3) is 0 Å². The lowest BCUT2D eigenvalue weighted by Crippen LogP contribution is -2.25. The number of rotatable bonds is 4. The van der Waals surface area contributed by atoms with E-state index >= 15 is 0 Å². The van der Waals surface area contributed by atoms with Crippen LogP contribution in [0.1, 0.15) is 24.1 Å². The summed E-state index contributed by atoms with van der Waals surface area (Å²) in [6, 6.07) is -0.558. The minimum Gasteiger partial charge on any atom is -0.327 e. The Kier molecular flexibility index (Phi) is 4.43. The van der Waals surface area contributed by atoms with Gasteiger partial charge in [0.2, 0.25) is 0 Å². The molecular weight excluding hydrogens is 255 g/mol. The van der Waals surface area contributed by atoms with Crippen molar-refractivity contribution in [1.29, 1.82) is 0 Å². The second-order valence-corrected chi connectivity index (χ2v) is 4.45. The minimum absolute atomic E-state index is 0.103. The van der Waals surface area contributed by atoms with Crippen LogP contribution in [0.5, 0.6) is 0 Å². The van der Waals surface area contributed by atoms with Crippen LogP contribution in [0.15, 0.2) is 0 Å². The third kappa shape index (κ3) is 4.20. The third-order valence-electron chi connectivity index (χ3n) is 2.53. The first-order valence-electron chi connectivity index (χ1n) is 5.21. The first kappa shape index (κ1) is 14.3. The molecule has 1 unspecified atom stereocenters. The normalized spacial score (nSPS) is 14.1. The van der Waals surface area contributed by atoms with E-state index in [1.165, 1.54) is 4.68 Å². The van der Waals surface area contributed by atoms with Crippen LogP contribution in [0.2, 0.25) is 5.15 Å². The molecule has 0 saturated carbocycles. The number of aryl methyl sites for hydroxylation is 2. The van der Waals surface area contributed by atoms with E-state index in [0.717, 1.165) is 5.56 Å². The van der Waals surface area contributed by atoms with Gasteiger partial charge in [0.15, 0.2) is 0 Å². The van der Waals surface area contributed by atoms with Crippen LogP contribution in [0.4, 0.5) is 13.2 Å². The lowest BCUT2D eigenvalue weighted by molar-refractivity contribution is -0.136. The predicted molar refractivity (Wildman–Crippen MR) is 59.9 cm³/mol. The summed E-state index contributed by atoms with van der Waals surface area (Å²) >= 11 is 5.97. The predicted octanol–water partition coefficient (Wildman–Crippen LogP) is 2.59. The Morgan fingerprint density at radius 2 is 2.06 bits per heavy atom. The van der Waals surface area contributed by atoms with Crippen molar-refractivity contribution in [3.8, 4) is 0 Å². The molecule has 0 saturated heterocycles. The maximum absolute atomic E-state index is 12.0. The van der Waals surface area contributed by atoms with Crippen LogP contribution in [-0.4, -0.2) is 22.0 Å². The quantitative estimate of drug-likeness (QED) is 0.913. The maximum atomic E-state index is 12.0. The first-order chi connectivity index (χ1) is 7.70. The van der Waals surface area contributed by atoms with E-state index in [-0.39, 0.29) is 6.42 Å². The molecule has 0 radical (unpaired) electrons. The first-order valence-corrected chi connectivity index (χ1v) is 5.59. The molecule has 98 valence electrons. The average molecular weight is 270 g/mol. The standard InChI is InChI=1S/C10H15ClF3N3/c1-6-8(9(11)17(2)16-6)5-7(15)3-4-10(12,13)14/h7H,3-5,15H2,1-2H3. The minimum atomic E-state index is -4.16. The van der Waals surface area contributed by atoms with Crippen molar-refractivity contribution in [3.63, 3.8) is 0 Å². The van der Waals surface area contributed by atoms with Crippen molar-refractivity contribution in [3.05, 3.63) is 16.4 Å². The molecule has 0 aliphatic carbocycles. The van der Waals surface area contributed by atoms with Gasteiger partial charge in [0.1, 0.15) is 5.15 Å². The molecule has 0 amide bonds. The number of alkyl halides is 3. The van der Waals surface area contributed by atoms with Gasteiger partial charge in [0.05, 0.1) is 5.69 Å². The highest BCUT2D eigenvalue weighted by Crippen LogP contribution is 2.24. The third-order valence-corrected chi connectivity index (χ3v) is 3.01. The summed E-state index contributed by atoms with van der Waals surface area (Å²) in [5.41, 5.74) is 7.10. The molecule has 1 aromatic rings. The van der Waals surface area contributed by atoms with Crippen molar-refractivity contribution in [2.24, 2.45) is 12.8 Å². The zero-order chi connectivity index (χ0) is 13.2. The Morgan fingerprint density at radius 3 is 2.47 bits per heavy atom. The van der Waals surface area contributed by atoms with E-state index in [1.54, 1.807) is 14.0 Å². The molecule has 0 aliphatic rings. The summed E-state index contributed by atoms with van der Waals surface area (Å²) in [6.45, 7) is 1.76. The second-order valence-electron chi connectivity index (χ2n) is 4.10. The van der Waals surface area contributed by atoms with Crippen molar-refractivity contribution >= 4 is 11.6 Å². The van der Waals surface area contributed by atoms with Crippen molar-refractivity contribution in [2.75, 3.05) is 0 Å². The highest BCUT2D eigenvalue weighted by molar-refractivity contribution is 6.30. The fourth-order valence-electron chi connectivity index (χ4n) is 1.62. The van der Waals surface area contributed by atoms with Crippen molar-refractivity contribution in [1.82, 2.24) is 9.78 Å². The lowest BCUT2D eigenvalue weighted by Gasteiger charge is -2.13. The number of nitrogens with zero attached hydrogens (tertiary/aromatic N) is 2. The molecule has 7 heteroatoms. The highest BCUT2D eigenvalue weighted by atomic mass is 35.5. The Morgan fingerprint density at radius 1 is 1.47 bits per heavy atom. The zero-order valence-corrected chi connectivity index (χ0v) is 10.4. The van der Waals surface area contributed by atoms with Gasteiger partial charge in [-0.1, -0.05) is 11.6 Å². The molecule has 0 fully saturated rings. The van der Waals surface area contributed by atoms with Crippen molar-refractivity contribution in [2.45, 2.75) is 38.4 Å². The molecule has 0 aromatic carbocycles. The van der Waals surface area contributed by atoms with E-state index in [9.17, 15) is 13.2 Å². The van der Waals surface area contributed by atoms with E-state index < -0.39 is 18.6 Å². The van der Waals surface area contributed by atoms with Gasteiger partial charge in [-0.05, 0) is 19.8 Å².